The highest BCUT2D eigenvalue weighted by atomic mass is 32.2. The Kier molecular flexibility index (Phi) is 3.48. The van der Waals surface area contributed by atoms with E-state index in [1.54, 1.807) is 19.3 Å². The molecule has 0 radical (unpaired) electrons. The number of nitrogens with two attached hydrogens (primary N) is 1. The lowest BCUT2D eigenvalue weighted by Gasteiger charge is -2.57. The highest BCUT2D eigenvalue weighted by Gasteiger charge is 2.50. The molecule has 4 aliphatic rings. The maximum absolute atomic E-state index is 5.93. The van der Waals surface area contributed by atoms with Gasteiger partial charge in [0.1, 0.15) is 0 Å². The predicted octanol–water partition coefficient (Wildman–Crippen LogP) is 5.28. The largest absolute Gasteiger partial charge is 0.399 e. The molecule has 0 unspecified atom stereocenters. The minimum absolute atomic E-state index is 0.718. The lowest BCUT2D eigenvalue weighted by atomic mass is 9.49. The predicted molar refractivity (Wildman–Crippen MR) is 91.5 cm³/mol. The van der Waals surface area contributed by atoms with Gasteiger partial charge in [-0.15, -0.1) is 11.8 Å². The van der Waals surface area contributed by atoms with Crippen LogP contribution in [-0.2, 0) is 0 Å². The Balaban J connectivity index is 1.40. The molecule has 0 aromatic heterocycles. The van der Waals surface area contributed by atoms with Crippen LogP contribution >= 0.6 is 11.8 Å². The van der Waals surface area contributed by atoms with Gasteiger partial charge in [-0.05, 0) is 98.5 Å². The molecule has 0 atom stereocenters. The number of nitrogen functional groups attached to an aromatic ring is 1. The van der Waals surface area contributed by atoms with E-state index in [1.165, 1.54) is 41.9 Å². The van der Waals surface area contributed by atoms with Crippen LogP contribution in [0.25, 0.3) is 0 Å². The topological polar surface area (TPSA) is 26.0 Å². The monoisotopic (exact) mass is 301 g/mol. The van der Waals surface area contributed by atoms with Gasteiger partial charge in [-0.3, -0.25) is 0 Å². The molecule has 0 saturated heterocycles. The van der Waals surface area contributed by atoms with E-state index in [9.17, 15) is 0 Å². The van der Waals surface area contributed by atoms with Crippen LogP contribution in [0.15, 0.2) is 23.1 Å². The van der Waals surface area contributed by atoms with Gasteiger partial charge in [-0.25, -0.2) is 0 Å². The number of benzene rings is 1. The third kappa shape index (κ3) is 2.72. The molecule has 4 aliphatic carbocycles. The van der Waals surface area contributed by atoms with Gasteiger partial charge in [0.05, 0.1) is 0 Å². The maximum atomic E-state index is 5.93. The second-order valence-electron chi connectivity index (χ2n) is 8.04. The molecule has 0 aliphatic heterocycles. The molecule has 4 fully saturated rings. The van der Waals surface area contributed by atoms with Crippen LogP contribution in [-0.4, -0.2) is 5.75 Å². The zero-order valence-electron chi connectivity index (χ0n) is 13.1. The summed E-state index contributed by atoms with van der Waals surface area (Å²) in [5.41, 5.74) is 8.93. The van der Waals surface area contributed by atoms with E-state index >= 15 is 0 Å². The molecule has 0 heterocycles. The van der Waals surface area contributed by atoms with E-state index in [0.717, 1.165) is 28.9 Å². The third-order valence-electron chi connectivity index (χ3n) is 6.27. The Labute approximate surface area is 133 Å². The molecule has 21 heavy (non-hydrogen) atoms. The number of anilines is 1. The number of rotatable bonds is 4. The Morgan fingerprint density at radius 1 is 1.10 bits per heavy atom. The number of aryl methyl sites for hydroxylation is 1. The average molecular weight is 301 g/mol. The molecule has 1 nitrogen and oxygen atoms in total. The Hall–Kier alpha value is -0.630. The smallest absolute Gasteiger partial charge is 0.0325 e. The standard InChI is InChI=1S/C19H27NS/c1-13-2-3-17(20)9-18(13)21-5-4-19-10-14-6-15(11-19)8-16(7-14)12-19/h2-3,9,14-16H,4-8,10-12,20H2,1H3. The zero-order chi connectivity index (χ0) is 14.4. The van der Waals surface area contributed by atoms with Gasteiger partial charge < -0.3 is 5.73 Å². The van der Waals surface area contributed by atoms with Gasteiger partial charge in [0.15, 0.2) is 0 Å². The summed E-state index contributed by atoms with van der Waals surface area (Å²) >= 11 is 2.03. The Morgan fingerprint density at radius 2 is 1.71 bits per heavy atom. The van der Waals surface area contributed by atoms with Crippen LogP contribution in [0.4, 0.5) is 5.69 Å². The molecule has 0 amide bonds. The van der Waals surface area contributed by atoms with Gasteiger partial charge in [0.2, 0.25) is 0 Å². The second kappa shape index (κ2) is 5.22. The summed E-state index contributed by atoms with van der Waals surface area (Å²) in [5, 5.41) is 0. The highest BCUT2D eigenvalue weighted by Crippen LogP contribution is 2.61. The van der Waals surface area contributed by atoms with Crippen molar-refractivity contribution in [1.82, 2.24) is 0 Å². The maximum Gasteiger partial charge on any atom is 0.0325 e. The molecule has 1 aromatic rings. The van der Waals surface area contributed by atoms with Crippen LogP contribution in [0.5, 0.6) is 0 Å². The number of thioether (sulfide) groups is 1. The van der Waals surface area contributed by atoms with Crippen molar-refractivity contribution in [3.63, 3.8) is 0 Å². The molecule has 2 N–H and O–H groups in total. The van der Waals surface area contributed by atoms with Crippen molar-refractivity contribution >= 4 is 17.4 Å². The molecule has 5 rings (SSSR count). The van der Waals surface area contributed by atoms with Gasteiger partial charge in [0, 0.05) is 10.6 Å². The minimum atomic E-state index is 0.718. The van der Waals surface area contributed by atoms with Crippen LogP contribution < -0.4 is 5.73 Å². The molecule has 4 saturated carbocycles. The van der Waals surface area contributed by atoms with Crippen LogP contribution in [0.1, 0.15) is 50.5 Å². The van der Waals surface area contributed by atoms with E-state index in [2.05, 4.69) is 19.1 Å². The van der Waals surface area contributed by atoms with Crippen molar-refractivity contribution in [3.8, 4) is 0 Å². The highest BCUT2D eigenvalue weighted by molar-refractivity contribution is 7.99. The molecule has 1 aromatic carbocycles. The van der Waals surface area contributed by atoms with E-state index in [4.69, 9.17) is 5.73 Å². The molecule has 114 valence electrons. The number of hydrogen-bond acceptors (Lipinski definition) is 2. The first-order valence-electron chi connectivity index (χ1n) is 8.61. The van der Waals surface area contributed by atoms with E-state index in [0.29, 0.717) is 0 Å². The molecular weight excluding hydrogens is 274 g/mol. The van der Waals surface area contributed by atoms with Gasteiger partial charge in [-0.2, -0.15) is 0 Å². The zero-order valence-corrected chi connectivity index (χ0v) is 13.9. The van der Waals surface area contributed by atoms with Crippen LogP contribution in [0.3, 0.4) is 0 Å². The van der Waals surface area contributed by atoms with E-state index < -0.39 is 0 Å². The minimum Gasteiger partial charge on any atom is -0.399 e. The van der Waals surface area contributed by atoms with Crippen LogP contribution in [0, 0.1) is 30.1 Å². The third-order valence-corrected chi connectivity index (χ3v) is 7.43. The van der Waals surface area contributed by atoms with Crippen molar-refractivity contribution in [2.45, 2.75) is 56.8 Å². The Bertz CT molecular complexity index is 501. The lowest BCUT2D eigenvalue weighted by molar-refractivity contribution is -0.0538. The average Bonchev–Trinajstić information content (AvgIpc) is 2.41. The van der Waals surface area contributed by atoms with Gasteiger partial charge in [-0.1, -0.05) is 6.07 Å². The second-order valence-corrected chi connectivity index (χ2v) is 9.18. The SMILES string of the molecule is Cc1ccc(N)cc1SCCC12CC3CC(CC(C3)C1)C2. The summed E-state index contributed by atoms with van der Waals surface area (Å²) < 4.78 is 0. The van der Waals surface area contributed by atoms with E-state index in [-0.39, 0.29) is 0 Å². The number of hydrogen-bond donors (Lipinski definition) is 1. The lowest BCUT2D eigenvalue weighted by Crippen LogP contribution is -2.46. The summed E-state index contributed by atoms with van der Waals surface area (Å²) in [6.45, 7) is 2.20. The van der Waals surface area contributed by atoms with Crippen molar-refractivity contribution in [2.24, 2.45) is 23.2 Å². The van der Waals surface area contributed by atoms with E-state index in [1.807, 2.05) is 17.8 Å². The fraction of sp³-hybridized carbons (Fsp3) is 0.684. The molecule has 4 bridgehead atoms. The van der Waals surface area contributed by atoms with Crippen molar-refractivity contribution in [1.29, 1.82) is 0 Å². The van der Waals surface area contributed by atoms with Gasteiger partial charge >= 0.3 is 0 Å². The first-order valence-corrected chi connectivity index (χ1v) is 9.59. The summed E-state index contributed by atoms with van der Waals surface area (Å²) in [6.07, 6.45) is 10.7. The van der Waals surface area contributed by atoms with Gasteiger partial charge in [0.25, 0.3) is 0 Å². The Morgan fingerprint density at radius 3 is 2.33 bits per heavy atom. The quantitative estimate of drug-likeness (QED) is 0.605. The molecular formula is C19H27NS. The fourth-order valence-corrected chi connectivity index (χ4v) is 7.02. The summed E-state index contributed by atoms with van der Waals surface area (Å²) in [5.74, 6) is 4.51. The molecule has 2 heteroatoms. The fourth-order valence-electron chi connectivity index (χ4n) is 5.75. The summed E-state index contributed by atoms with van der Waals surface area (Å²) in [4.78, 5) is 1.39. The normalized spacial score (nSPS) is 37.1. The van der Waals surface area contributed by atoms with Crippen molar-refractivity contribution in [2.75, 3.05) is 11.5 Å². The molecule has 0 spiro atoms. The van der Waals surface area contributed by atoms with Crippen molar-refractivity contribution in [3.05, 3.63) is 23.8 Å². The first-order chi connectivity index (χ1) is 10.1. The van der Waals surface area contributed by atoms with Crippen LogP contribution in [0.2, 0.25) is 0 Å². The summed E-state index contributed by atoms with van der Waals surface area (Å²) in [6, 6.07) is 6.32. The summed E-state index contributed by atoms with van der Waals surface area (Å²) in [7, 11) is 0. The van der Waals surface area contributed by atoms with Crippen molar-refractivity contribution < 1.29 is 0 Å². The first kappa shape index (κ1) is 14.0.